The highest BCUT2D eigenvalue weighted by Crippen LogP contribution is 2.33. The molecule has 0 spiro atoms. The van der Waals surface area contributed by atoms with Crippen LogP contribution < -0.4 is 5.32 Å². The zero-order valence-corrected chi connectivity index (χ0v) is 8.81. The molecule has 3 heteroatoms. The Morgan fingerprint density at radius 1 is 1.50 bits per heavy atom. The summed E-state index contributed by atoms with van der Waals surface area (Å²) in [5, 5.41) is 3.80. The van der Waals surface area contributed by atoms with Crippen molar-refractivity contribution in [2.45, 2.75) is 19.4 Å². The molecular formula is C11H13ClFN. The highest BCUT2D eigenvalue weighted by Gasteiger charge is 2.25. The van der Waals surface area contributed by atoms with Crippen LogP contribution in [0, 0.1) is 11.7 Å². The van der Waals surface area contributed by atoms with E-state index in [4.69, 9.17) is 11.6 Å². The van der Waals surface area contributed by atoms with Crippen LogP contribution in [0.1, 0.15) is 24.9 Å². The normalized spacial score (nSPS) is 26.8. The number of benzene rings is 1. The molecule has 76 valence electrons. The number of hydrogen-bond acceptors (Lipinski definition) is 1. The molecule has 1 N–H and O–H groups in total. The first-order valence-corrected chi connectivity index (χ1v) is 5.23. The van der Waals surface area contributed by atoms with Crippen molar-refractivity contribution in [2.75, 3.05) is 6.54 Å². The fourth-order valence-corrected chi connectivity index (χ4v) is 2.27. The van der Waals surface area contributed by atoms with Crippen LogP contribution in [-0.2, 0) is 0 Å². The van der Waals surface area contributed by atoms with Crippen molar-refractivity contribution >= 4 is 11.6 Å². The summed E-state index contributed by atoms with van der Waals surface area (Å²) in [6.07, 6.45) is 0.959. The zero-order valence-electron chi connectivity index (χ0n) is 8.06. The van der Waals surface area contributed by atoms with E-state index in [0.717, 1.165) is 13.0 Å². The van der Waals surface area contributed by atoms with Crippen LogP contribution in [0.4, 0.5) is 4.39 Å². The minimum Gasteiger partial charge on any atom is -0.309 e. The monoisotopic (exact) mass is 213 g/mol. The minimum atomic E-state index is -0.205. The lowest BCUT2D eigenvalue weighted by atomic mass is 10.0. The van der Waals surface area contributed by atoms with Gasteiger partial charge in [0.15, 0.2) is 0 Å². The highest BCUT2D eigenvalue weighted by molar-refractivity contribution is 6.31. The smallest absolute Gasteiger partial charge is 0.129 e. The van der Waals surface area contributed by atoms with Gasteiger partial charge in [-0.1, -0.05) is 24.6 Å². The van der Waals surface area contributed by atoms with Gasteiger partial charge in [-0.05, 0) is 31.0 Å². The summed E-state index contributed by atoms with van der Waals surface area (Å²) in [7, 11) is 0. The summed E-state index contributed by atoms with van der Waals surface area (Å²) in [5.41, 5.74) is 0.624. The van der Waals surface area contributed by atoms with Crippen molar-refractivity contribution in [3.05, 3.63) is 34.6 Å². The third-order valence-electron chi connectivity index (χ3n) is 2.70. The molecule has 1 fully saturated rings. The van der Waals surface area contributed by atoms with Gasteiger partial charge in [0.1, 0.15) is 5.82 Å². The lowest BCUT2D eigenvalue weighted by molar-refractivity contribution is 0.550. The van der Waals surface area contributed by atoms with Crippen LogP contribution in [0.3, 0.4) is 0 Å². The second kappa shape index (κ2) is 3.87. The summed E-state index contributed by atoms with van der Waals surface area (Å²) >= 11 is 5.98. The molecule has 1 aliphatic rings. The third kappa shape index (κ3) is 1.77. The Balaban J connectivity index is 2.31. The minimum absolute atomic E-state index is 0.0821. The summed E-state index contributed by atoms with van der Waals surface area (Å²) < 4.78 is 13.5. The number of nitrogens with one attached hydrogen (secondary N) is 1. The van der Waals surface area contributed by atoms with Gasteiger partial charge in [0.05, 0.1) is 0 Å². The SMILES string of the molecule is C[C@@H]1CN[C@@H](c2c(F)cccc2Cl)C1. The molecule has 0 radical (unpaired) electrons. The van der Waals surface area contributed by atoms with E-state index in [1.54, 1.807) is 12.1 Å². The molecule has 0 bridgehead atoms. The second-order valence-electron chi connectivity index (χ2n) is 3.94. The Hall–Kier alpha value is -0.600. The van der Waals surface area contributed by atoms with E-state index in [0.29, 0.717) is 16.5 Å². The second-order valence-corrected chi connectivity index (χ2v) is 4.34. The van der Waals surface area contributed by atoms with Gasteiger partial charge < -0.3 is 5.32 Å². The van der Waals surface area contributed by atoms with Crippen LogP contribution in [0.5, 0.6) is 0 Å². The van der Waals surface area contributed by atoms with E-state index >= 15 is 0 Å². The maximum atomic E-state index is 13.5. The molecule has 1 aromatic rings. The molecule has 0 saturated carbocycles. The van der Waals surface area contributed by atoms with Crippen molar-refractivity contribution in [3.63, 3.8) is 0 Å². The summed E-state index contributed by atoms with van der Waals surface area (Å²) in [6, 6.07) is 4.93. The molecule has 0 amide bonds. The fourth-order valence-electron chi connectivity index (χ4n) is 1.98. The molecule has 1 saturated heterocycles. The largest absolute Gasteiger partial charge is 0.309 e. The van der Waals surface area contributed by atoms with Crippen LogP contribution in [0.2, 0.25) is 5.02 Å². The first kappa shape index (κ1) is 9.94. The van der Waals surface area contributed by atoms with Crippen molar-refractivity contribution in [1.82, 2.24) is 5.32 Å². The number of rotatable bonds is 1. The topological polar surface area (TPSA) is 12.0 Å². The van der Waals surface area contributed by atoms with Gasteiger partial charge >= 0.3 is 0 Å². The van der Waals surface area contributed by atoms with Gasteiger partial charge in [0.25, 0.3) is 0 Å². The Labute approximate surface area is 88.3 Å². The van der Waals surface area contributed by atoms with Gasteiger partial charge in [0, 0.05) is 16.6 Å². The Bertz CT molecular complexity index is 320. The molecule has 1 aromatic carbocycles. The van der Waals surface area contributed by atoms with Crippen molar-refractivity contribution in [2.24, 2.45) is 5.92 Å². The maximum absolute atomic E-state index is 13.5. The standard InChI is InChI=1S/C11H13ClFN/c1-7-5-10(14-6-7)11-8(12)3-2-4-9(11)13/h2-4,7,10,14H,5-6H2,1H3/t7-,10+/m0/s1. The highest BCUT2D eigenvalue weighted by atomic mass is 35.5. The molecule has 1 nitrogen and oxygen atoms in total. The molecule has 0 aliphatic carbocycles. The average molecular weight is 214 g/mol. The van der Waals surface area contributed by atoms with Crippen molar-refractivity contribution < 1.29 is 4.39 Å². The first-order valence-electron chi connectivity index (χ1n) is 4.85. The molecule has 14 heavy (non-hydrogen) atoms. The van der Waals surface area contributed by atoms with Gasteiger partial charge in [0.2, 0.25) is 0 Å². The van der Waals surface area contributed by atoms with E-state index in [1.807, 2.05) is 0 Å². The zero-order chi connectivity index (χ0) is 10.1. The number of hydrogen-bond donors (Lipinski definition) is 1. The van der Waals surface area contributed by atoms with Gasteiger partial charge in [-0.3, -0.25) is 0 Å². The Kier molecular flexibility index (Phi) is 2.75. The molecular weight excluding hydrogens is 201 g/mol. The van der Waals surface area contributed by atoms with Gasteiger partial charge in [-0.15, -0.1) is 0 Å². The van der Waals surface area contributed by atoms with Crippen LogP contribution in [0.15, 0.2) is 18.2 Å². The Morgan fingerprint density at radius 3 is 2.86 bits per heavy atom. The van der Waals surface area contributed by atoms with E-state index < -0.39 is 0 Å². The van der Waals surface area contributed by atoms with Crippen LogP contribution >= 0.6 is 11.6 Å². The maximum Gasteiger partial charge on any atom is 0.129 e. The third-order valence-corrected chi connectivity index (χ3v) is 3.03. The number of halogens is 2. The predicted molar refractivity (Wildman–Crippen MR) is 55.9 cm³/mol. The lowest BCUT2D eigenvalue weighted by Crippen LogP contribution is -2.15. The summed E-state index contributed by atoms with van der Waals surface area (Å²) in [6.45, 7) is 3.09. The molecule has 0 unspecified atom stereocenters. The predicted octanol–water partition coefficient (Wildman–Crippen LogP) is 3.15. The molecule has 1 heterocycles. The van der Waals surface area contributed by atoms with E-state index in [1.165, 1.54) is 6.07 Å². The Morgan fingerprint density at radius 2 is 2.29 bits per heavy atom. The van der Waals surface area contributed by atoms with Gasteiger partial charge in [-0.2, -0.15) is 0 Å². The van der Waals surface area contributed by atoms with E-state index in [2.05, 4.69) is 12.2 Å². The summed E-state index contributed by atoms with van der Waals surface area (Å²) in [4.78, 5) is 0. The first-order chi connectivity index (χ1) is 6.68. The molecule has 2 atom stereocenters. The fraction of sp³-hybridized carbons (Fsp3) is 0.455. The van der Waals surface area contributed by atoms with Crippen LogP contribution in [-0.4, -0.2) is 6.54 Å². The van der Waals surface area contributed by atoms with Gasteiger partial charge in [-0.25, -0.2) is 4.39 Å². The molecule has 0 aromatic heterocycles. The molecule has 2 rings (SSSR count). The lowest BCUT2D eigenvalue weighted by Gasteiger charge is -2.13. The molecule has 1 aliphatic heterocycles. The van der Waals surface area contributed by atoms with Crippen molar-refractivity contribution in [1.29, 1.82) is 0 Å². The average Bonchev–Trinajstić information content (AvgIpc) is 2.51. The van der Waals surface area contributed by atoms with E-state index in [-0.39, 0.29) is 11.9 Å². The summed E-state index contributed by atoms with van der Waals surface area (Å²) in [5.74, 6) is 0.389. The quantitative estimate of drug-likeness (QED) is 0.756. The van der Waals surface area contributed by atoms with Crippen molar-refractivity contribution in [3.8, 4) is 0 Å². The van der Waals surface area contributed by atoms with E-state index in [9.17, 15) is 4.39 Å². The van der Waals surface area contributed by atoms with Crippen LogP contribution in [0.25, 0.3) is 0 Å².